The van der Waals surface area contributed by atoms with Crippen LogP contribution in [0.5, 0.6) is 11.5 Å². The van der Waals surface area contributed by atoms with Gasteiger partial charge in [-0.2, -0.15) is 8.78 Å². The van der Waals surface area contributed by atoms with Crippen molar-refractivity contribution < 1.29 is 18.3 Å². The molecule has 2 saturated carbocycles. The fourth-order valence-corrected chi connectivity index (χ4v) is 3.54. The van der Waals surface area contributed by atoms with E-state index in [0.29, 0.717) is 12.5 Å². The summed E-state index contributed by atoms with van der Waals surface area (Å²) in [6.07, 6.45) is 9.98. The zero-order valence-electron chi connectivity index (χ0n) is 13.0. The Labute approximate surface area is 130 Å². The Hall–Kier alpha value is -1.32. The van der Waals surface area contributed by atoms with E-state index in [1.54, 1.807) is 0 Å². The summed E-state index contributed by atoms with van der Waals surface area (Å²) in [5.41, 5.74) is 0. The standard InChI is InChI=1S/C18H24F2O2/c19-17-15(21-12-11-13-5-1-2-6-13)9-10-16(18(17)20)22-14-7-3-4-8-14/h9-10,13-14H,1-8,11-12H2. The summed E-state index contributed by atoms with van der Waals surface area (Å²) in [5.74, 6) is -1.17. The average molecular weight is 310 g/mol. The minimum atomic E-state index is -0.929. The van der Waals surface area contributed by atoms with E-state index in [0.717, 1.165) is 32.1 Å². The van der Waals surface area contributed by atoms with Gasteiger partial charge >= 0.3 is 0 Å². The van der Waals surface area contributed by atoms with Gasteiger partial charge in [-0.25, -0.2) is 0 Å². The monoisotopic (exact) mass is 310 g/mol. The van der Waals surface area contributed by atoms with Crippen LogP contribution in [0.25, 0.3) is 0 Å². The van der Waals surface area contributed by atoms with Gasteiger partial charge in [-0.1, -0.05) is 25.7 Å². The fraction of sp³-hybridized carbons (Fsp3) is 0.667. The van der Waals surface area contributed by atoms with Crippen molar-refractivity contribution in [2.45, 2.75) is 63.9 Å². The van der Waals surface area contributed by atoms with Crippen LogP contribution in [0.3, 0.4) is 0 Å². The molecule has 22 heavy (non-hydrogen) atoms. The lowest BCUT2D eigenvalue weighted by Gasteiger charge is -2.16. The molecule has 2 aliphatic rings. The SMILES string of the molecule is Fc1c(OCCC2CCCC2)ccc(OC2CCCC2)c1F. The van der Waals surface area contributed by atoms with Crippen LogP contribution in [-0.2, 0) is 0 Å². The second kappa shape index (κ2) is 7.30. The average Bonchev–Trinajstić information content (AvgIpc) is 3.20. The predicted octanol–water partition coefficient (Wildman–Crippen LogP) is 5.25. The zero-order chi connectivity index (χ0) is 15.4. The Bertz CT molecular complexity index is 492. The number of rotatable bonds is 6. The van der Waals surface area contributed by atoms with E-state index < -0.39 is 11.6 Å². The second-order valence-corrected chi connectivity index (χ2v) is 6.50. The summed E-state index contributed by atoms with van der Waals surface area (Å²) < 4.78 is 39.1. The van der Waals surface area contributed by atoms with Crippen molar-refractivity contribution >= 4 is 0 Å². The molecule has 0 aromatic heterocycles. The van der Waals surface area contributed by atoms with E-state index >= 15 is 0 Å². The molecule has 0 spiro atoms. The first-order valence-electron chi connectivity index (χ1n) is 8.51. The van der Waals surface area contributed by atoms with Gasteiger partial charge in [0.25, 0.3) is 0 Å². The van der Waals surface area contributed by atoms with Gasteiger partial charge in [-0.3, -0.25) is 0 Å². The van der Waals surface area contributed by atoms with Gasteiger partial charge in [0.2, 0.25) is 11.6 Å². The highest BCUT2D eigenvalue weighted by Crippen LogP contribution is 2.32. The van der Waals surface area contributed by atoms with Crippen molar-refractivity contribution in [3.05, 3.63) is 23.8 Å². The van der Waals surface area contributed by atoms with E-state index in [9.17, 15) is 8.78 Å². The lowest BCUT2D eigenvalue weighted by Crippen LogP contribution is -2.13. The molecule has 2 nitrogen and oxygen atoms in total. The van der Waals surface area contributed by atoms with Gasteiger partial charge < -0.3 is 9.47 Å². The maximum atomic E-state index is 14.1. The minimum Gasteiger partial charge on any atom is -0.490 e. The molecule has 122 valence electrons. The van der Waals surface area contributed by atoms with Crippen molar-refractivity contribution in [3.8, 4) is 11.5 Å². The maximum absolute atomic E-state index is 14.1. The number of hydrogen-bond acceptors (Lipinski definition) is 2. The Morgan fingerprint density at radius 3 is 2.18 bits per heavy atom. The Morgan fingerprint density at radius 1 is 0.864 bits per heavy atom. The molecule has 2 fully saturated rings. The molecule has 0 heterocycles. The van der Waals surface area contributed by atoms with Crippen LogP contribution in [-0.4, -0.2) is 12.7 Å². The normalized spacial score (nSPS) is 19.7. The molecule has 3 rings (SSSR count). The third-order valence-corrected chi connectivity index (χ3v) is 4.87. The molecule has 1 aromatic carbocycles. The Balaban J connectivity index is 1.56. The zero-order valence-corrected chi connectivity index (χ0v) is 13.0. The molecule has 2 aliphatic carbocycles. The quantitative estimate of drug-likeness (QED) is 0.715. The second-order valence-electron chi connectivity index (χ2n) is 6.50. The Morgan fingerprint density at radius 2 is 1.45 bits per heavy atom. The van der Waals surface area contributed by atoms with Crippen molar-refractivity contribution in [2.75, 3.05) is 6.61 Å². The van der Waals surface area contributed by atoms with Crippen LogP contribution < -0.4 is 9.47 Å². The van der Waals surface area contributed by atoms with Gasteiger partial charge in [0.1, 0.15) is 0 Å². The summed E-state index contributed by atoms with van der Waals surface area (Å²) in [5, 5.41) is 0. The van der Waals surface area contributed by atoms with Crippen molar-refractivity contribution in [3.63, 3.8) is 0 Å². The van der Waals surface area contributed by atoms with E-state index in [4.69, 9.17) is 9.47 Å². The molecule has 0 unspecified atom stereocenters. The van der Waals surface area contributed by atoms with E-state index in [-0.39, 0.29) is 17.6 Å². The van der Waals surface area contributed by atoms with Gasteiger partial charge in [-0.15, -0.1) is 0 Å². The predicted molar refractivity (Wildman–Crippen MR) is 81.3 cm³/mol. The lowest BCUT2D eigenvalue weighted by molar-refractivity contribution is 0.195. The van der Waals surface area contributed by atoms with Crippen LogP contribution in [0.1, 0.15) is 57.8 Å². The summed E-state index contributed by atoms with van der Waals surface area (Å²) >= 11 is 0. The van der Waals surface area contributed by atoms with Crippen LogP contribution >= 0.6 is 0 Å². The van der Waals surface area contributed by atoms with Crippen LogP contribution in [0.2, 0.25) is 0 Å². The largest absolute Gasteiger partial charge is 0.490 e. The maximum Gasteiger partial charge on any atom is 0.204 e. The summed E-state index contributed by atoms with van der Waals surface area (Å²) in [6, 6.07) is 2.97. The first kappa shape index (κ1) is 15.6. The van der Waals surface area contributed by atoms with Gasteiger partial charge in [0.05, 0.1) is 12.7 Å². The molecular formula is C18H24F2O2. The number of ether oxygens (including phenoxy) is 2. The van der Waals surface area contributed by atoms with Gasteiger partial charge in [0, 0.05) is 0 Å². The third kappa shape index (κ3) is 3.71. The minimum absolute atomic E-state index is 0.00531. The molecule has 0 bridgehead atoms. The van der Waals surface area contributed by atoms with Crippen LogP contribution in [0.4, 0.5) is 8.78 Å². The third-order valence-electron chi connectivity index (χ3n) is 4.87. The highest BCUT2D eigenvalue weighted by molar-refractivity contribution is 5.35. The van der Waals surface area contributed by atoms with Gasteiger partial charge in [0.15, 0.2) is 11.5 Å². The van der Waals surface area contributed by atoms with Crippen LogP contribution in [0, 0.1) is 17.6 Å². The topological polar surface area (TPSA) is 18.5 Å². The molecule has 0 N–H and O–H groups in total. The van der Waals surface area contributed by atoms with Crippen LogP contribution in [0.15, 0.2) is 12.1 Å². The first-order chi connectivity index (χ1) is 10.7. The fourth-order valence-electron chi connectivity index (χ4n) is 3.54. The molecule has 4 heteroatoms. The molecule has 0 aliphatic heterocycles. The number of halogens is 2. The van der Waals surface area contributed by atoms with E-state index in [2.05, 4.69) is 0 Å². The summed E-state index contributed by atoms with van der Waals surface area (Å²) in [6.45, 7) is 0.448. The smallest absolute Gasteiger partial charge is 0.204 e. The molecule has 0 saturated heterocycles. The molecule has 0 atom stereocenters. The molecular weight excluding hydrogens is 286 g/mol. The van der Waals surface area contributed by atoms with Gasteiger partial charge in [-0.05, 0) is 50.2 Å². The molecule has 0 radical (unpaired) electrons. The lowest BCUT2D eigenvalue weighted by atomic mass is 10.1. The van der Waals surface area contributed by atoms with Crippen molar-refractivity contribution in [1.82, 2.24) is 0 Å². The first-order valence-corrected chi connectivity index (χ1v) is 8.51. The molecule has 0 amide bonds. The summed E-state index contributed by atoms with van der Waals surface area (Å²) in [4.78, 5) is 0. The van der Waals surface area contributed by atoms with E-state index in [1.807, 2.05) is 0 Å². The van der Waals surface area contributed by atoms with Crippen molar-refractivity contribution in [1.29, 1.82) is 0 Å². The molecule has 1 aromatic rings. The number of hydrogen-bond donors (Lipinski definition) is 0. The Kier molecular flexibility index (Phi) is 5.16. The number of benzene rings is 1. The van der Waals surface area contributed by atoms with Crippen molar-refractivity contribution in [2.24, 2.45) is 5.92 Å². The summed E-state index contributed by atoms with van der Waals surface area (Å²) in [7, 11) is 0. The highest BCUT2D eigenvalue weighted by Gasteiger charge is 2.22. The highest BCUT2D eigenvalue weighted by atomic mass is 19.2. The van der Waals surface area contributed by atoms with E-state index in [1.165, 1.54) is 37.8 Å².